The summed E-state index contributed by atoms with van der Waals surface area (Å²) in [5.74, 6) is -1.43. The van der Waals surface area contributed by atoms with E-state index in [0.29, 0.717) is 41.9 Å². The number of nitrogens with zero attached hydrogens (tertiary/aromatic N) is 1. The molecule has 7 aromatic carbocycles. The minimum Gasteiger partial charge on any atom is -0.497 e. The molecule has 4 aliphatic rings. The van der Waals surface area contributed by atoms with Gasteiger partial charge in [-0.25, -0.2) is 0 Å². The average molecular weight is 1440 g/mol. The molecule has 4 aliphatic heterocycles. The number of hydrogen-bond donors (Lipinski definition) is 1. The second-order valence-corrected chi connectivity index (χ2v) is 26.1. The number of rotatable bonds is 38. The van der Waals surface area contributed by atoms with Gasteiger partial charge in [0.2, 0.25) is 0 Å². The maximum atomic E-state index is 15.0. The first-order valence-electron chi connectivity index (χ1n) is 35.6. The molecule has 0 saturated carbocycles. The van der Waals surface area contributed by atoms with Gasteiger partial charge in [-0.1, -0.05) is 164 Å². The number of hydrogen-bond acceptors (Lipinski definition) is 22. The van der Waals surface area contributed by atoms with Crippen LogP contribution in [-0.4, -0.2) is 173 Å². The Morgan fingerprint density at radius 2 is 0.857 bits per heavy atom. The molecule has 1 N–H and O–H groups in total. The SMILES string of the molecule is COC(=O)CCCCCO[C@@H]1O[C@H](CO[C@H]2O[C@H](CO)[C@H](OC(=O)CCC(C)=O)[C@H](OCc3ccc(OC)cc3)[C@H]2O[C@@H]2O[C@@H](C)[C@@H](OCc3ccccc3)[C@@H](OCc3ccccc3)[C@@H]2OCc2ccccc2)[C@@H](OCc2ccc(OC)cc2)[C@H](OCc2ccccc2)[C@H]1N1C(=O)c2ccccc2C1=O. The zero-order valence-electron chi connectivity index (χ0n) is 59.7. The number of esters is 2. The molecule has 0 spiro atoms. The second kappa shape index (κ2) is 39.1. The summed E-state index contributed by atoms with van der Waals surface area (Å²) in [6.07, 6.45) is -16.4. The molecule has 3 saturated heterocycles. The Labute approximate surface area is 612 Å². The monoisotopic (exact) mass is 1440 g/mol. The van der Waals surface area contributed by atoms with Crippen molar-refractivity contribution in [3.8, 4) is 11.5 Å². The highest BCUT2D eigenvalue weighted by Crippen LogP contribution is 2.40. The maximum absolute atomic E-state index is 15.0. The van der Waals surface area contributed by atoms with Gasteiger partial charge in [-0.2, -0.15) is 0 Å². The normalized spacial score (nSPS) is 25.1. The molecular formula is C82H93NO22. The Hall–Kier alpha value is -8.63. The molecule has 0 aliphatic carbocycles. The van der Waals surface area contributed by atoms with E-state index < -0.39 is 123 Å². The van der Waals surface area contributed by atoms with Gasteiger partial charge < -0.3 is 85.7 Å². The van der Waals surface area contributed by atoms with E-state index in [2.05, 4.69) is 0 Å². The lowest BCUT2D eigenvalue weighted by atomic mass is 9.94. The minimum absolute atomic E-state index is 0.0307. The number of Topliss-reactive ketones (excluding diaryl/α,β-unsaturated/α-hetero) is 1. The fourth-order valence-electron chi connectivity index (χ4n) is 13.2. The Balaban J connectivity index is 1.02. The van der Waals surface area contributed by atoms with Crippen LogP contribution in [0.3, 0.4) is 0 Å². The van der Waals surface area contributed by atoms with Crippen molar-refractivity contribution in [3.63, 3.8) is 0 Å². The summed E-state index contributed by atoms with van der Waals surface area (Å²) in [5.41, 5.74) is 5.06. The van der Waals surface area contributed by atoms with E-state index in [1.54, 1.807) is 62.8 Å². The number of imide groups is 1. The Morgan fingerprint density at radius 3 is 1.34 bits per heavy atom. The molecule has 15 atom stereocenters. The van der Waals surface area contributed by atoms with Gasteiger partial charge in [-0.15, -0.1) is 0 Å². The molecule has 23 heteroatoms. The molecule has 4 heterocycles. The number of carbonyl (C=O) groups excluding carboxylic acids is 5. The van der Waals surface area contributed by atoms with Crippen LogP contribution >= 0.6 is 0 Å². The highest BCUT2D eigenvalue weighted by Gasteiger charge is 2.58. The molecule has 0 bridgehead atoms. The van der Waals surface area contributed by atoms with Crippen molar-refractivity contribution in [1.82, 2.24) is 4.90 Å². The fourth-order valence-corrected chi connectivity index (χ4v) is 13.2. The molecule has 0 unspecified atom stereocenters. The lowest BCUT2D eigenvalue weighted by molar-refractivity contribution is -0.381. The summed E-state index contributed by atoms with van der Waals surface area (Å²) in [5, 5.41) is 11.6. The summed E-state index contributed by atoms with van der Waals surface area (Å²) >= 11 is 0. The van der Waals surface area contributed by atoms with E-state index in [9.17, 15) is 19.5 Å². The van der Waals surface area contributed by atoms with E-state index in [-0.39, 0.29) is 88.4 Å². The molecule has 3 fully saturated rings. The second-order valence-electron chi connectivity index (χ2n) is 26.1. The van der Waals surface area contributed by atoms with Crippen molar-refractivity contribution >= 4 is 29.5 Å². The van der Waals surface area contributed by atoms with Gasteiger partial charge in [0, 0.05) is 19.4 Å². The van der Waals surface area contributed by atoms with Gasteiger partial charge in [-0.3, -0.25) is 24.1 Å². The Morgan fingerprint density at radius 1 is 0.410 bits per heavy atom. The van der Waals surface area contributed by atoms with Crippen LogP contribution in [0.1, 0.15) is 106 Å². The van der Waals surface area contributed by atoms with Crippen molar-refractivity contribution in [1.29, 1.82) is 0 Å². The van der Waals surface area contributed by atoms with Crippen LogP contribution in [0, 0.1) is 0 Å². The van der Waals surface area contributed by atoms with Crippen LogP contribution in [-0.2, 0) is 120 Å². The van der Waals surface area contributed by atoms with Gasteiger partial charge >= 0.3 is 11.9 Å². The number of unbranched alkanes of at least 4 members (excludes halogenated alkanes) is 2. The van der Waals surface area contributed by atoms with Gasteiger partial charge in [0.15, 0.2) is 25.0 Å². The summed E-state index contributed by atoms with van der Waals surface area (Å²) < 4.78 is 107. The third-order valence-corrected chi connectivity index (χ3v) is 18.8. The van der Waals surface area contributed by atoms with E-state index >= 15 is 9.59 Å². The Bertz CT molecular complexity index is 3800. The van der Waals surface area contributed by atoms with Crippen LogP contribution in [0.5, 0.6) is 11.5 Å². The van der Waals surface area contributed by atoms with Gasteiger partial charge in [0.1, 0.15) is 78.3 Å². The van der Waals surface area contributed by atoms with E-state index in [1.165, 1.54) is 14.0 Å². The molecule has 7 aromatic rings. The van der Waals surface area contributed by atoms with Crippen molar-refractivity contribution < 1.29 is 105 Å². The average Bonchev–Trinajstić information content (AvgIpc) is 1.67. The van der Waals surface area contributed by atoms with Gasteiger partial charge in [0.05, 0.1) is 97.8 Å². The van der Waals surface area contributed by atoms with Crippen LogP contribution in [0.4, 0.5) is 0 Å². The predicted molar refractivity (Wildman–Crippen MR) is 380 cm³/mol. The third kappa shape index (κ3) is 20.9. The first-order chi connectivity index (χ1) is 51.3. The van der Waals surface area contributed by atoms with Crippen LogP contribution in [0.25, 0.3) is 0 Å². The number of ketones is 1. The molecular weight excluding hydrogens is 1350 g/mol. The molecule has 0 radical (unpaired) electrons. The molecule has 11 rings (SSSR count). The summed E-state index contributed by atoms with van der Waals surface area (Å²) in [6, 6.07) is 58.0. The molecule has 105 heavy (non-hydrogen) atoms. The highest BCUT2D eigenvalue weighted by atomic mass is 16.8. The van der Waals surface area contributed by atoms with Crippen LogP contribution < -0.4 is 9.47 Å². The first kappa shape index (κ1) is 77.5. The van der Waals surface area contributed by atoms with E-state index in [4.69, 9.17) is 75.8 Å². The van der Waals surface area contributed by atoms with E-state index in [0.717, 1.165) is 27.2 Å². The van der Waals surface area contributed by atoms with Crippen molar-refractivity contribution in [2.45, 2.75) is 184 Å². The third-order valence-electron chi connectivity index (χ3n) is 18.8. The summed E-state index contributed by atoms with van der Waals surface area (Å²) in [6.45, 7) is 2.14. The number of ether oxygens (including phenoxy) is 16. The number of methoxy groups -OCH3 is 3. The van der Waals surface area contributed by atoms with Crippen molar-refractivity contribution in [2.75, 3.05) is 41.2 Å². The van der Waals surface area contributed by atoms with Gasteiger partial charge in [0.25, 0.3) is 11.8 Å². The topological polar surface area (TPSA) is 256 Å². The predicted octanol–water partition coefficient (Wildman–Crippen LogP) is 10.8. The first-order valence-corrected chi connectivity index (χ1v) is 35.6. The van der Waals surface area contributed by atoms with Crippen molar-refractivity contribution in [3.05, 3.63) is 239 Å². The fraction of sp³-hybridized carbons (Fsp3) is 0.427. The lowest BCUT2D eigenvalue weighted by Gasteiger charge is -2.50. The Kier molecular flexibility index (Phi) is 28.9. The van der Waals surface area contributed by atoms with Crippen molar-refractivity contribution in [2.24, 2.45) is 0 Å². The standard InChI is InChI=1S/C82H93NO22/c1-53(85)34-43-68(87)104-72-65(45-84)102-81(77(75(72)98-51-60-37-41-62(91-4)42-38-60)105-82-76(99-49-58-29-17-9-18-30-58)74(97-48-57-27-15-8-16-28-57)70(54(2)101-82)94-46-55-23-11-6-12-24-55)100-52-66-71(95-50-59-35-39-61(90-3)40-36-59)73(96-47-56-25-13-7-14-26-56)69(80(103-66)93-44-22-10-19-33-67(86)92-5)83-78(88)63-31-20-21-32-64(63)79(83)89/h6-9,11-18,20-21,23-32,35-42,54,65-66,69-77,80-82,84H,10,19,22,33-34,43-52H2,1-5H3/t54-,65+,66+,69+,70+,71+,72-,73+,74+,75-,76-,77+,80+,81-,82-/m0/s1. The maximum Gasteiger partial charge on any atom is 0.306 e. The minimum atomic E-state index is -1.61. The van der Waals surface area contributed by atoms with Gasteiger partial charge in [-0.05, 0) is 96.5 Å². The summed E-state index contributed by atoms with van der Waals surface area (Å²) in [7, 11) is 4.45. The molecule has 23 nitrogen and oxygen atoms in total. The number of carbonyl (C=O) groups is 5. The summed E-state index contributed by atoms with van der Waals surface area (Å²) in [4.78, 5) is 70.0. The zero-order valence-corrected chi connectivity index (χ0v) is 59.7. The number of amides is 2. The highest BCUT2D eigenvalue weighted by molar-refractivity contribution is 6.21. The van der Waals surface area contributed by atoms with Crippen LogP contribution in [0.2, 0.25) is 0 Å². The number of aliphatic hydroxyl groups is 1. The number of benzene rings is 7. The largest absolute Gasteiger partial charge is 0.497 e. The molecule has 0 aromatic heterocycles. The molecule has 2 amide bonds. The smallest absolute Gasteiger partial charge is 0.306 e. The number of fused-ring (bicyclic) bond motifs is 1. The quantitative estimate of drug-likeness (QED) is 0.0214. The van der Waals surface area contributed by atoms with E-state index in [1.807, 2.05) is 153 Å². The van der Waals surface area contributed by atoms with Crippen LogP contribution in [0.15, 0.2) is 194 Å². The molecule has 558 valence electrons. The lowest BCUT2D eigenvalue weighted by Crippen LogP contribution is -2.68. The number of aliphatic hydroxyl groups excluding tert-OH is 1. The zero-order chi connectivity index (χ0) is 73.4.